The van der Waals surface area contributed by atoms with E-state index in [2.05, 4.69) is 37.1 Å². The van der Waals surface area contributed by atoms with Gasteiger partial charge in [-0.1, -0.05) is 50.8 Å². The molecule has 0 amide bonds. The van der Waals surface area contributed by atoms with Gasteiger partial charge in [0.15, 0.2) is 0 Å². The maximum Gasteiger partial charge on any atom is 0.0181 e. The smallest absolute Gasteiger partial charge is 0.0181 e. The summed E-state index contributed by atoms with van der Waals surface area (Å²) < 4.78 is 0. The Bertz CT molecular complexity index is 223. The molecule has 0 atom stereocenters. The Balaban J connectivity index is 0.000000671. The third kappa shape index (κ3) is 4.79. The van der Waals surface area contributed by atoms with E-state index in [1.54, 1.807) is 0 Å². The molecule has 0 aliphatic carbocycles. The van der Waals surface area contributed by atoms with Crippen molar-refractivity contribution in [3.63, 3.8) is 0 Å². The van der Waals surface area contributed by atoms with Crippen LogP contribution >= 0.6 is 11.8 Å². The van der Waals surface area contributed by atoms with Gasteiger partial charge in [-0.3, -0.25) is 0 Å². The van der Waals surface area contributed by atoms with E-state index in [-0.39, 0.29) is 0 Å². The first-order valence-corrected chi connectivity index (χ1v) is 5.96. The molecule has 1 rings (SSSR count). The van der Waals surface area contributed by atoms with E-state index in [0.29, 0.717) is 0 Å². The predicted molar refractivity (Wildman–Crippen MR) is 65.1 cm³/mol. The van der Waals surface area contributed by atoms with Crippen LogP contribution < -0.4 is 0 Å². The van der Waals surface area contributed by atoms with Crippen LogP contribution in [0.5, 0.6) is 0 Å². The van der Waals surface area contributed by atoms with E-state index in [0.717, 1.165) is 5.75 Å². The van der Waals surface area contributed by atoms with Crippen molar-refractivity contribution >= 4 is 17.8 Å². The first-order valence-electron chi connectivity index (χ1n) is 4.57. The lowest BCUT2D eigenvalue weighted by atomic mass is 10.1. The molecule has 13 heavy (non-hydrogen) atoms. The second-order valence-corrected chi connectivity index (χ2v) is 3.24. The summed E-state index contributed by atoms with van der Waals surface area (Å²) in [6.45, 7) is 7.70. The van der Waals surface area contributed by atoms with Gasteiger partial charge in [0.05, 0.1) is 0 Å². The van der Waals surface area contributed by atoms with Crippen molar-refractivity contribution in [1.82, 2.24) is 0 Å². The lowest BCUT2D eigenvalue weighted by Crippen LogP contribution is -1.78. The summed E-state index contributed by atoms with van der Waals surface area (Å²) in [4.78, 5) is 0. The van der Waals surface area contributed by atoms with Gasteiger partial charge in [0.25, 0.3) is 0 Å². The molecule has 0 aliphatic heterocycles. The Hall–Kier alpha value is -0.690. The highest BCUT2D eigenvalue weighted by atomic mass is 32.2. The number of thioether (sulfide) groups is 1. The molecular formula is C12H18S. The monoisotopic (exact) mass is 194 g/mol. The van der Waals surface area contributed by atoms with Crippen LogP contribution in [0.1, 0.15) is 25.0 Å². The number of hydrogen-bond acceptors (Lipinski definition) is 1. The summed E-state index contributed by atoms with van der Waals surface area (Å²) in [7, 11) is 0. The maximum atomic E-state index is 3.70. The average Bonchev–Trinajstić information content (AvgIpc) is 2.23. The minimum atomic E-state index is 1.09. The SMILES string of the molecule is C=Cc1ccc(CSC)cc1.CC. The third-order valence-corrected chi connectivity index (χ3v) is 2.15. The van der Waals surface area contributed by atoms with Gasteiger partial charge >= 0.3 is 0 Å². The second kappa shape index (κ2) is 7.93. The van der Waals surface area contributed by atoms with Gasteiger partial charge in [-0.05, 0) is 17.4 Å². The molecule has 0 saturated carbocycles. The van der Waals surface area contributed by atoms with Crippen molar-refractivity contribution < 1.29 is 0 Å². The Morgan fingerprint density at radius 2 is 1.77 bits per heavy atom. The van der Waals surface area contributed by atoms with E-state index >= 15 is 0 Å². The fourth-order valence-corrected chi connectivity index (χ4v) is 1.44. The molecule has 0 bridgehead atoms. The Kier molecular flexibility index (Phi) is 7.51. The van der Waals surface area contributed by atoms with Crippen molar-refractivity contribution in [3.8, 4) is 0 Å². The van der Waals surface area contributed by atoms with Crippen LogP contribution in [-0.4, -0.2) is 6.26 Å². The molecule has 0 saturated heterocycles. The van der Waals surface area contributed by atoms with Crippen molar-refractivity contribution in [1.29, 1.82) is 0 Å². The summed E-state index contributed by atoms with van der Waals surface area (Å²) in [6, 6.07) is 8.48. The second-order valence-electron chi connectivity index (χ2n) is 2.38. The van der Waals surface area contributed by atoms with Gasteiger partial charge in [-0.15, -0.1) is 0 Å². The number of hydrogen-bond donors (Lipinski definition) is 0. The lowest BCUT2D eigenvalue weighted by Gasteiger charge is -1.97. The Morgan fingerprint density at radius 1 is 1.23 bits per heavy atom. The molecule has 1 heteroatoms. The van der Waals surface area contributed by atoms with Crippen molar-refractivity contribution in [2.45, 2.75) is 19.6 Å². The van der Waals surface area contributed by atoms with Crippen LogP contribution in [-0.2, 0) is 5.75 Å². The summed E-state index contributed by atoms with van der Waals surface area (Å²) in [5.41, 5.74) is 2.57. The standard InChI is InChI=1S/C10H12S.C2H6/c1-3-9-4-6-10(7-5-9)8-11-2;1-2/h3-7H,1,8H2,2H3;1-2H3. The van der Waals surface area contributed by atoms with Gasteiger partial charge in [-0.25, -0.2) is 0 Å². The average molecular weight is 194 g/mol. The van der Waals surface area contributed by atoms with E-state index < -0.39 is 0 Å². The summed E-state index contributed by atoms with van der Waals surface area (Å²) in [5, 5.41) is 0. The maximum absolute atomic E-state index is 3.70. The van der Waals surface area contributed by atoms with Gasteiger partial charge in [0.2, 0.25) is 0 Å². The normalized spacial score (nSPS) is 8.54. The largest absolute Gasteiger partial charge is 0.161 e. The lowest BCUT2D eigenvalue weighted by molar-refractivity contribution is 1.41. The molecule has 1 aromatic carbocycles. The molecule has 0 fully saturated rings. The minimum Gasteiger partial charge on any atom is -0.161 e. The van der Waals surface area contributed by atoms with Gasteiger partial charge in [0, 0.05) is 5.75 Å². The van der Waals surface area contributed by atoms with Crippen LogP contribution in [0.4, 0.5) is 0 Å². The molecule has 0 aliphatic rings. The molecule has 72 valence electrons. The molecule has 0 unspecified atom stereocenters. The predicted octanol–water partition coefficient (Wildman–Crippen LogP) is 4.22. The van der Waals surface area contributed by atoms with E-state index in [4.69, 9.17) is 0 Å². The molecule has 0 nitrogen and oxygen atoms in total. The Labute approximate surface area is 86.1 Å². The van der Waals surface area contributed by atoms with Gasteiger partial charge in [0.1, 0.15) is 0 Å². The zero-order chi connectivity index (χ0) is 10.1. The van der Waals surface area contributed by atoms with Crippen LogP contribution in [0.3, 0.4) is 0 Å². The number of benzene rings is 1. The van der Waals surface area contributed by atoms with Crippen LogP contribution in [0.15, 0.2) is 30.8 Å². The fourth-order valence-electron chi connectivity index (χ4n) is 0.917. The molecule has 1 aromatic rings. The molecular weight excluding hydrogens is 176 g/mol. The van der Waals surface area contributed by atoms with Crippen LogP contribution in [0.2, 0.25) is 0 Å². The zero-order valence-corrected chi connectivity index (χ0v) is 9.53. The number of rotatable bonds is 3. The van der Waals surface area contributed by atoms with E-state index in [1.165, 1.54) is 11.1 Å². The van der Waals surface area contributed by atoms with Gasteiger partial charge in [-0.2, -0.15) is 11.8 Å². The quantitative estimate of drug-likeness (QED) is 0.694. The molecule has 0 radical (unpaired) electrons. The first kappa shape index (κ1) is 12.3. The summed E-state index contributed by atoms with van der Waals surface area (Å²) in [6.07, 6.45) is 3.98. The third-order valence-electron chi connectivity index (χ3n) is 1.53. The first-order chi connectivity index (χ1) is 6.36. The summed E-state index contributed by atoms with van der Waals surface area (Å²) >= 11 is 1.84. The van der Waals surface area contributed by atoms with Crippen LogP contribution in [0, 0.1) is 0 Å². The van der Waals surface area contributed by atoms with Crippen molar-refractivity contribution in [3.05, 3.63) is 42.0 Å². The van der Waals surface area contributed by atoms with Crippen LogP contribution in [0.25, 0.3) is 6.08 Å². The highest BCUT2D eigenvalue weighted by Crippen LogP contribution is 2.10. The summed E-state index contributed by atoms with van der Waals surface area (Å²) in [5.74, 6) is 1.09. The zero-order valence-electron chi connectivity index (χ0n) is 8.71. The molecule has 0 N–H and O–H groups in total. The molecule has 0 aromatic heterocycles. The van der Waals surface area contributed by atoms with E-state index in [1.807, 2.05) is 31.7 Å². The molecule has 0 heterocycles. The Morgan fingerprint density at radius 3 is 2.15 bits per heavy atom. The highest BCUT2D eigenvalue weighted by molar-refractivity contribution is 7.97. The van der Waals surface area contributed by atoms with Crippen molar-refractivity contribution in [2.24, 2.45) is 0 Å². The minimum absolute atomic E-state index is 1.09. The fraction of sp³-hybridized carbons (Fsp3) is 0.333. The highest BCUT2D eigenvalue weighted by Gasteiger charge is 1.89. The topological polar surface area (TPSA) is 0 Å². The molecule has 0 spiro atoms. The van der Waals surface area contributed by atoms with E-state index in [9.17, 15) is 0 Å². The van der Waals surface area contributed by atoms with Gasteiger partial charge < -0.3 is 0 Å². The van der Waals surface area contributed by atoms with Crippen molar-refractivity contribution in [2.75, 3.05) is 6.26 Å².